The zero-order valence-electron chi connectivity index (χ0n) is 16.4. The fraction of sp³-hybridized carbons (Fsp3) is 0.500. The zero-order chi connectivity index (χ0) is 19.7. The molecule has 2 aliphatic rings. The van der Waals surface area contributed by atoms with Crippen LogP contribution < -0.4 is 4.90 Å². The highest BCUT2D eigenvalue weighted by Gasteiger charge is 2.36. The van der Waals surface area contributed by atoms with Crippen molar-refractivity contribution in [3.8, 4) is 0 Å². The third-order valence-corrected chi connectivity index (χ3v) is 5.69. The maximum Gasteiger partial charge on any atom is 0.255 e. The molecule has 0 aromatic carbocycles. The number of aryl methyl sites for hydroxylation is 2. The highest BCUT2D eigenvalue weighted by Crippen LogP contribution is 2.24. The number of amides is 2. The van der Waals surface area contributed by atoms with Gasteiger partial charge in [-0.25, -0.2) is 0 Å². The molecule has 0 bridgehead atoms. The number of hydrogen-bond acceptors (Lipinski definition) is 5. The topological polar surface area (TPSA) is 74.6 Å². The van der Waals surface area contributed by atoms with Gasteiger partial charge in [0, 0.05) is 57.9 Å². The third kappa shape index (κ3) is 3.52. The van der Waals surface area contributed by atoms with Gasteiger partial charge in [-0.1, -0.05) is 0 Å². The molecule has 0 N–H and O–H groups in total. The largest absolute Gasteiger partial charge is 0.336 e. The van der Waals surface area contributed by atoms with Gasteiger partial charge in [0.1, 0.15) is 0 Å². The number of hydrogen-bond donors (Lipinski definition) is 0. The molecule has 4 heterocycles. The van der Waals surface area contributed by atoms with Crippen LogP contribution in [0.4, 0.5) is 5.69 Å². The van der Waals surface area contributed by atoms with Crippen molar-refractivity contribution in [1.29, 1.82) is 0 Å². The summed E-state index contributed by atoms with van der Waals surface area (Å²) in [5.74, 6) is 0.166. The molecule has 2 aliphatic heterocycles. The monoisotopic (exact) mass is 382 g/mol. The molecule has 8 nitrogen and oxygen atoms in total. The summed E-state index contributed by atoms with van der Waals surface area (Å²) in [6.07, 6.45) is 7.16. The van der Waals surface area contributed by atoms with Gasteiger partial charge < -0.3 is 9.80 Å². The van der Waals surface area contributed by atoms with E-state index in [0.29, 0.717) is 31.7 Å². The van der Waals surface area contributed by atoms with Crippen LogP contribution >= 0.6 is 0 Å². The van der Waals surface area contributed by atoms with E-state index in [9.17, 15) is 9.59 Å². The minimum atomic E-state index is -0.119. The summed E-state index contributed by atoms with van der Waals surface area (Å²) < 4.78 is 1.72. The quantitative estimate of drug-likeness (QED) is 0.794. The number of pyridine rings is 1. The fourth-order valence-corrected chi connectivity index (χ4v) is 4.12. The average Bonchev–Trinajstić information content (AvgIpc) is 3.14. The van der Waals surface area contributed by atoms with Gasteiger partial charge in [0.15, 0.2) is 0 Å². The first-order valence-corrected chi connectivity index (χ1v) is 9.79. The van der Waals surface area contributed by atoms with E-state index in [2.05, 4.69) is 15.0 Å². The van der Waals surface area contributed by atoms with Crippen molar-refractivity contribution in [1.82, 2.24) is 24.6 Å². The molecule has 4 rings (SSSR count). The van der Waals surface area contributed by atoms with Crippen molar-refractivity contribution in [3.63, 3.8) is 0 Å². The molecule has 0 saturated carbocycles. The maximum atomic E-state index is 13.1. The van der Waals surface area contributed by atoms with Crippen LogP contribution in [0.5, 0.6) is 0 Å². The molecule has 2 saturated heterocycles. The zero-order valence-corrected chi connectivity index (χ0v) is 16.4. The second kappa shape index (κ2) is 7.71. The second-order valence-corrected chi connectivity index (χ2v) is 7.48. The minimum absolute atomic E-state index is 0.0252. The summed E-state index contributed by atoms with van der Waals surface area (Å²) in [5.41, 5.74) is 2.27. The van der Waals surface area contributed by atoms with Crippen molar-refractivity contribution in [2.75, 3.05) is 37.6 Å². The van der Waals surface area contributed by atoms with Crippen LogP contribution in [-0.2, 0) is 11.8 Å². The van der Waals surface area contributed by atoms with E-state index in [0.717, 1.165) is 30.8 Å². The summed E-state index contributed by atoms with van der Waals surface area (Å²) >= 11 is 0. The SMILES string of the molecule is Cc1ncccc1C(=O)N1CCN([C@@H]2CCCN(c3cnn(C)c3)C2=O)CC1. The lowest BCUT2D eigenvalue weighted by Gasteiger charge is -2.42. The van der Waals surface area contributed by atoms with E-state index in [1.54, 1.807) is 23.1 Å². The molecule has 2 aromatic heterocycles. The van der Waals surface area contributed by atoms with Crippen LogP contribution in [0.25, 0.3) is 0 Å². The predicted molar refractivity (Wildman–Crippen MR) is 105 cm³/mol. The van der Waals surface area contributed by atoms with Crippen molar-refractivity contribution < 1.29 is 9.59 Å². The van der Waals surface area contributed by atoms with Crippen LogP contribution in [0.2, 0.25) is 0 Å². The van der Waals surface area contributed by atoms with Crippen LogP contribution in [0.15, 0.2) is 30.7 Å². The Morgan fingerprint density at radius 2 is 1.96 bits per heavy atom. The van der Waals surface area contributed by atoms with Gasteiger partial charge in [-0.15, -0.1) is 0 Å². The van der Waals surface area contributed by atoms with Gasteiger partial charge in [-0.2, -0.15) is 5.10 Å². The lowest BCUT2D eigenvalue weighted by Crippen LogP contribution is -2.58. The van der Waals surface area contributed by atoms with E-state index in [1.165, 1.54) is 0 Å². The summed E-state index contributed by atoms with van der Waals surface area (Å²) in [6.45, 7) is 5.27. The number of piperidine rings is 1. The molecule has 0 aliphatic carbocycles. The number of piperazine rings is 1. The summed E-state index contributed by atoms with van der Waals surface area (Å²) in [7, 11) is 1.86. The number of nitrogens with zero attached hydrogens (tertiary/aromatic N) is 6. The molecule has 148 valence electrons. The van der Waals surface area contributed by atoms with Crippen molar-refractivity contribution >= 4 is 17.5 Å². The Morgan fingerprint density at radius 1 is 1.18 bits per heavy atom. The number of anilines is 1. The summed E-state index contributed by atoms with van der Waals surface area (Å²) in [6, 6.07) is 3.50. The molecule has 2 fully saturated rings. The van der Waals surface area contributed by atoms with Crippen LogP contribution in [0, 0.1) is 6.92 Å². The maximum absolute atomic E-state index is 13.1. The van der Waals surface area contributed by atoms with Crippen LogP contribution in [0.3, 0.4) is 0 Å². The standard InChI is InChI=1S/C20H26N6O2/c1-15-17(5-3-7-21-15)19(27)25-11-9-24(10-12-25)18-6-4-8-26(20(18)28)16-13-22-23(2)14-16/h3,5,7,13-14,18H,4,6,8-12H2,1-2H3/t18-/m1/s1. The van der Waals surface area contributed by atoms with Gasteiger partial charge in [0.05, 0.1) is 23.5 Å². The van der Waals surface area contributed by atoms with Gasteiger partial charge in [-0.3, -0.25) is 24.2 Å². The Balaban J connectivity index is 1.40. The molecule has 0 radical (unpaired) electrons. The van der Waals surface area contributed by atoms with E-state index in [1.807, 2.05) is 36.0 Å². The van der Waals surface area contributed by atoms with E-state index in [-0.39, 0.29) is 17.9 Å². The van der Waals surface area contributed by atoms with Gasteiger partial charge in [0.2, 0.25) is 5.91 Å². The Labute approximate surface area is 164 Å². The second-order valence-electron chi connectivity index (χ2n) is 7.48. The normalized spacial score (nSPS) is 21.2. The molecule has 8 heteroatoms. The lowest BCUT2D eigenvalue weighted by atomic mass is 10.0. The number of carbonyl (C=O) groups is 2. The van der Waals surface area contributed by atoms with Crippen LogP contribution in [-0.4, -0.2) is 75.1 Å². The number of carbonyl (C=O) groups excluding carboxylic acids is 2. The molecular weight excluding hydrogens is 356 g/mol. The first kappa shape index (κ1) is 18.6. The van der Waals surface area contributed by atoms with E-state index in [4.69, 9.17) is 0 Å². The van der Waals surface area contributed by atoms with Crippen molar-refractivity contribution in [2.24, 2.45) is 7.05 Å². The van der Waals surface area contributed by atoms with Gasteiger partial charge in [-0.05, 0) is 31.9 Å². The third-order valence-electron chi connectivity index (χ3n) is 5.69. The Bertz CT molecular complexity index is 871. The average molecular weight is 382 g/mol. The van der Waals surface area contributed by atoms with Crippen molar-refractivity contribution in [2.45, 2.75) is 25.8 Å². The smallest absolute Gasteiger partial charge is 0.255 e. The highest BCUT2D eigenvalue weighted by atomic mass is 16.2. The summed E-state index contributed by atoms with van der Waals surface area (Å²) in [5, 5.41) is 4.19. The molecule has 0 unspecified atom stereocenters. The number of aromatic nitrogens is 3. The Kier molecular flexibility index (Phi) is 5.13. The van der Waals surface area contributed by atoms with Crippen LogP contribution in [0.1, 0.15) is 28.9 Å². The first-order chi connectivity index (χ1) is 13.5. The highest BCUT2D eigenvalue weighted by molar-refractivity contribution is 5.98. The van der Waals surface area contributed by atoms with Crippen molar-refractivity contribution in [3.05, 3.63) is 42.0 Å². The van der Waals surface area contributed by atoms with E-state index >= 15 is 0 Å². The molecule has 28 heavy (non-hydrogen) atoms. The van der Waals surface area contributed by atoms with Gasteiger partial charge in [0.25, 0.3) is 5.91 Å². The Morgan fingerprint density at radius 3 is 2.64 bits per heavy atom. The summed E-state index contributed by atoms with van der Waals surface area (Å²) in [4.78, 5) is 36.0. The first-order valence-electron chi connectivity index (χ1n) is 9.79. The predicted octanol–water partition coefficient (Wildman–Crippen LogP) is 1.08. The Hall–Kier alpha value is -2.74. The lowest BCUT2D eigenvalue weighted by molar-refractivity contribution is -0.126. The molecule has 2 amide bonds. The molecule has 1 atom stereocenters. The molecule has 2 aromatic rings. The fourth-order valence-electron chi connectivity index (χ4n) is 4.12. The number of rotatable bonds is 3. The molecule has 0 spiro atoms. The van der Waals surface area contributed by atoms with Gasteiger partial charge >= 0.3 is 0 Å². The molecular formula is C20H26N6O2. The minimum Gasteiger partial charge on any atom is -0.336 e. The van der Waals surface area contributed by atoms with E-state index < -0.39 is 0 Å².